The lowest BCUT2D eigenvalue weighted by molar-refractivity contribution is 0.0848. The van der Waals surface area contributed by atoms with Gasteiger partial charge >= 0.3 is 0 Å². The molecule has 0 spiro atoms. The molecule has 3 aromatic rings. The summed E-state index contributed by atoms with van der Waals surface area (Å²) in [4.78, 5) is 24.9. The molecule has 0 saturated carbocycles. The number of thiophene rings is 1. The fourth-order valence-electron chi connectivity index (χ4n) is 2.38. The zero-order chi connectivity index (χ0) is 18.0. The monoisotopic (exact) mass is 374 g/mol. The van der Waals surface area contributed by atoms with Crippen LogP contribution in [0.25, 0.3) is 10.1 Å². The van der Waals surface area contributed by atoms with Crippen LogP contribution in [0.5, 0.6) is 5.75 Å². The van der Waals surface area contributed by atoms with Gasteiger partial charge in [-0.05, 0) is 36.8 Å². The molecular formula is C18H15ClN2O3S. The summed E-state index contributed by atoms with van der Waals surface area (Å²) in [5.74, 6) is -0.164. The number of carbonyl (C=O) groups is 2. The summed E-state index contributed by atoms with van der Waals surface area (Å²) in [5.41, 5.74) is 6.14. The number of hydrazine groups is 1. The van der Waals surface area contributed by atoms with E-state index in [1.54, 1.807) is 31.4 Å². The molecule has 0 bridgehead atoms. The molecule has 0 aliphatic carbocycles. The molecule has 2 amide bonds. The Bertz CT molecular complexity index is 968. The topological polar surface area (TPSA) is 67.4 Å². The quantitative estimate of drug-likeness (QED) is 0.682. The van der Waals surface area contributed by atoms with Gasteiger partial charge in [0.1, 0.15) is 10.6 Å². The summed E-state index contributed by atoms with van der Waals surface area (Å²) in [6.07, 6.45) is 0. The zero-order valence-corrected chi connectivity index (χ0v) is 15.1. The highest BCUT2D eigenvalue weighted by Gasteiger charge is 2.18. The molecule has 0 saturated heterocycles. The van der Waals surface area contributed by atoms with Crippen molar-refractivity contribution < 1.29 is 14.3 Å². The predicted octanol–water partition coefficient (Wildman–Crippen LogP) is 3.95. The second kappa shape index (κ2) is 7.13. The number of amides is 2. The highest BCUT2D eigenvalue weighted by Crippen LogP contribution is 2.37. The third-order valence-electron chi connectivity index (χ3n) is 3.72. The number of methoxy groups -OCH3 is 1. The van der Waals surface area contributed by atoms with Crippen molar-refractivity contribution >= 4 is 44.8 Å². The van der Waals surface area contributed by atoms with Gasteiger partial charge in [0.25, 0.3) is 11.8 Å². The van der Waals surface area contributed by atoms with Gasteiger partial charge in [-0.1, -0.05) is 29.8 Å². The molecule has 1 heterocycles. The second-order valence-corrected chi connectivity index (χ2v) is 6.76. The molecule has 2 aromatic carbocycles. The molecule has 0 aliphatic rings. The van der Waals surface area contributed by atoms with Crippen LogP contribution in [-0.2, 0) is 0 Å². The lowest BCUT2D eigenvalue weighted by Gasteiger charge is -2.08. The predicted molar refractivity (Wildman–Crippen MR) is 99.5 cm³/mol. The summed E-state index contributed by atoms with van der Waals surface area (Å²) in [6, 6.07) is 12.5. The Morgan fingerprint density at radius 2 is 1.80 bits per heavy atom. The number of ether oxygens (including phenoxy) is 1. The molecule has 2 N–H and O–H groups in total. The van der Waals surface area contributed by atoms with Crippen LogP contribution >= 0.6 is 22.9 Å². The molecule has 3 rings (SSSR count). The molecule has 128 valence electrons. The van der Waals surface area contributed by atoms with Crippen molar-refractivity contribution in [1.29, 1.82) is 0 Å². The molecule has 1 aromatic heterocycles. The van der Waals surface area contributed by atoms with Gasteiger partial charge < -0.3 is 4.74 Å². The minimum absolute atomic E-state index is 0.329. The number of rotatable bonds is 3. The van der Waals surface area contributed by atoms with E-state index in [-0.39, 0.29) is 5.91 Å². The molecule has 0 atom stereocenters. The maximum Gasteiger partial charge on any atom is 0.281 e. The number of aryl methyl sites for hydroxylation is 1. The van der Waals surface area contributed by atoms with Gasteiger partial charge in [0.05, 0.1) is 12.1 Å². The van der Waals surface area contributed by atoms with E-state index in [2.05, 4.69) is 10.9 Å². The van der Waals surface area contributed by atoms with E-state index in [4.69, 9.17) is 16.3 Å². The molecule has 0 aliphatic heterocycles. The number of benzene rings is 2. The van der Waals surface area contributed by atoms with E-state index in [1.807, 2.05) is 25.1 Å². The largest absolute Gasteiger partial charge is 0.497 e. The number of fused-ring (bicyclic) bond motifs is 1. The van der Waals surface area contributed by atoms with Gasteiger partial charge in [0, 0.05) is 15.6 Å². The first-order valence-corrected chi connectivity index (χ1v) is 8.63. The molecule has 0 unspecified atom stereocenters. The average Bonchev–Trinajstić information content (AvgIpc) is 2.96. The van der Waals surface area contributed by atoms with Crippen LogP contribution in [0.3, 0.4) is 0 Å². The Hall–Kier alpha value is -2.57. The summed E-state index contributed by atoms with van der Waals surface area (Å²) >= 11 is 7.54. The SMILES string of the molecule is COc1ccc2c(Cl)c(C(=O)NNC(=O)c3ccccc3C)sc2c1. The summed E-state index contributed by atoms with van der Waals surface area (Å²) in [5, 5.41) is 1.12. The van der Waals surface area contributed by atoms with Gasteiger partial charge in [-0.15, -0.1) is 11.3 Å². The van der Waals surface area contributed by atoms with Gasteiger partial charge in [-0.3, -0.25) is 20.4 Å². The van der Waals surface area contributed by atoms with Crippen LogP contribution in [0.15, 0.2) is 42.5 Å². The van der Waals surface area contributed by atoms with Crippen molar-refractivity contribution in [2.45, 2.75) is 6.92 Å². The fraction of sp³-hybridized carbons (Fsp3) is 0.111. The first-order valence-electron chi connectivity index (χ1n) is 7.43. The fourth-order valence-corrected chi connectivity index (χ4v) is 3.82. The molecule has 25 heavy (non-hydrogen) atoms. The van der Waals surface area contributed by atoms with Gasteiger partial charge in [-0.25, -0.2) is 0 Å². The van der Waals surface area contributed by atoms with Crippen molar-refractivity contribution in [2.75, 3.05) is 7.11 Å². The van der Waals surface area contributed by atoms with Crippen molar-refractivity contribution in [1.82, 2.24) is 10.9 Å². The minimum atomic E-state index is -0.466. The Morgan fingerprint density at radius 1 is 1.08 bits per heavy atom. The first kappa shape index (κ1) is 17.3. The van der Waals surface area contributed by atoms with E-state index in [9.17, 15) is 9.59 Å². The normalized spacial score (nSPS) is 10.5. The van der Waals surface area contributed by atoms with Gasteiger partial charge in [0.2, 0.25) is 0 Å². The number of halogens is 1. The second-order valence-electron chi connectivity index (χ2n) is 5.33. The van der Waals surface area contributed by atoms with Crippen molar-refractivity contribution in [3.05, 3.63) is 63.5 Å². The van der Waals surface area contributed by atoms with Crippen LogP contribution in [0.4, 0.5) is 0 Å². The minimum Gasteiger partial charge on any atom is -0.497 e. The van der Waals surface area contributed by atoms with Crippen LogP contribution in [0, 0.1) is 6.92 Å². The van der Waals surface area contributed by atoms with Gasteiger partial charge in [0.15, 0.2) is 0 Å². The van der Waals surface area contributed by atoms with Crippen molar-refractivity contribution in [3.63, 3.8) is 0 Å². The average molecular weight is 375 g/mol. The Morgan fingerprint density at radius 3 is 2.52 bits per heavy atom. The number of hydrogen-bond acceptors (Lipinski definition) is 4. The van der Waals surface area contributed by atoms with Crippen LogP contribution in [0.1, 0.15) is 25.6 Å². The van der Waals surface area contributed by atoms with Crippen molar-refractivity contribution in [3.8, 4) is 5.75 Å². The Labute approximate surface area is 153 Å². The van der Waals surface area contributed by atoms with Crippen LogP contribution in [-0.4, -0.2) is 18.9 Å². The molecule has 7 heteroatoms. The van der Waals surface area contributed by atoms with E-state index in [1.165, 1.54) is 11.3 Å². The number of hydrogen-bond donors (Lipinski definition) is 2. The molecule has 0 fully saturated rings. The Kier molecular flexibility index (Phi) is 4.92. The summed E-state index contributed by atoms with van der Waals surface area (Å²) in [6.45, 7) is 1.83. The highest BCUT2D eigenvalue weighted by atomic mass is 35.5. The number of carbonyl (C=O) groups excluding carboxylic acids is 2. The van der Waals surface area contributed by atoms with Crippen LogP contribution < -0.4 is 15.6 Å². The first-order chi connectivity index (χ1) is 12.0. The lowest BCUT2D eigenvalue weighted by atomic mass is 10.1. The molecular weight excluding hydrogens is 360 g/mol. The number of nitrogens with one attached hydrogen (secondary N) is 2. The third-order valence-corrected chi connectivity index (χ3v) is 5.38. The van der Waals surface area contributed by atoms with E-state index < -0.39 is 5.91 Å². The van der Waals surface area contributed by atoms with Gasteiger partial charge in [-0.2, -0.15) is 0 Å². The Balaban J connectivity index is 1.77. The maximum atomic E-state index is 12.4. The standard InChI is InChI=1S/C18H15ClN2O3S/c1-10-5-3-4-6-12(10)17(22)20-21-18(23)16-15(19)13-8-7-11(24-2)9-14(13)25-16/h3-9H,1-2H3,(H,20,22)(H,21,23). The summed E-state index contributed by atoms with van der Waals surface area (Å²) in [7, 11) is 1.57. The van der Waals surface area contributed by atoms with Crippen molar-refractivity contribution in [2.24, 2.45) is 0 Å². The zero-order valence-electron chi connectivity index (χ0n) is 13.6. The van der Waals surface area contributed by atoms with E-state index in [0.717, 1.165) is 15.6 Å². The highest BCUT2D eigenvalue weighted by molar-refractivity contribution is 7.21. The molecule has 0 radical (unpaired) electrons. The van der Waals surface area contributed by atoms with Crippen LogP contribution in [0.2, 0.25) is 5.02 Å². The summed E-state index contributed by atoms with van der Waals surface area (Å²) < 4.78 is 6.01. The lowest BCUT2D eigenvalue weighted by Crippen LogP contribution is -2.41. The van der Waals surface area contributed by atoms with E-state index >= 15 is 0 Å². The smallest absolute Gasteiger partial charge is 0.281 e. The van der Waals surface area contributed by atoms with E-state index in [0.29, 0.717) is 21.2 Å². The maximum absolute atomic E-state index is 12.4. The molecule has 5 nitrogen and oxygen atoms in total. The third kappa shape index (κ3) is 3.45.